The molecule has 1 unspecified atom stereocenters. The summed E-state index contributed by atoms with van der Waals surface area (Å²) in [5.74, 6) is 0.353. The fourth-order valence-corrected chi connectivity index (χ4v) is 6.66. The lowest BCUT2D eigenvalue weighted by molar-refractivity contribution is -0.133. The van der Waals surface area contributed by atoms with Crippen LogP contribution in [0, 0.1) is 0 Å². The topological polar surface area (TPSA) is 65.5 Å². The summed E-state index contributed by atoms with van der Waals surface area (Å²) in [4.78, 5) is 34.9. The van der Waals surface area contributed by atoms with Crippen molar-refractivity contribution in [3.05, 3.63) is 64.7 Å². The lowest BCUT2D eigenvalue weighted by atomic mass is 9.76. The lowest BCUT2D eigenvalue weighted by Crippen LogP contribution is -2.48. The normalized spacial score (nSPS) is 24.3. The number of likely N-dealkylation sites (tertiary alicyclic amines) is 1. The van der Waals surface area contributed by atoms with Crippen molar-refractivity contribution in [1.29, 1.82) is 0 Å². The first-order valence-electron chi connectivity index (χ1n) is 11.4. The zero-order chi connectivity index (χ0) is 21.7. The van der Waals surface area contributed by atoms with Gasteiger partial charge >= 0.3 is 6.03 Å². The predicted octanol–water partition coefficient (Wildman–Crippen LogP) is 4.22. The molecule has 1 spiro atoms. The Morgan fingerprint density at radius 3 is 2.69 bits per heavy atom. The molecule has 164 valence electrons. The summed E-state index contributed by atoms with van der Waals surface area (Å²) >= 11 is 1.79. The maximum atomic E-state index is 13.5. The standard InChI is InChI=1S/C25H26N4O2S/c30-23-25(13-5-7-17-6-1-2-8-19(17)25)27-24(31)29(23)16-28-14-11-18(12-15-28)22-26-20-9-3-4-10-21(20)32-22/h1-4,6,8-10,18H,5,7,11-16H2,(H,27,31). The Balaban J connectivity index is 1.15. The highest BCUT2D eigenvalue weighted by molar-refractivity contribution is 7.18. The van der Waals surface area contributed by atoms with Crippen LogP contribution in [0.25, 0.3) is 10.2 Å². The first kappa shape index (κ1) is 19.9. The number of amides is 3. The van der Waals surface area contributed by atoms with Gasteiger partial charge in [0.05, 0.1) is 21.9 Å². The molecule has 1 atom stereocenters. The van der Waals surface area contributed by atoms with E-state index >= 15 is 0 Å². The summed E-state index contributed by atoms with van der Waals surface area (Å²) in [6, 6.07) is 16.1. The zero-order valence-corrected chi connectivity index (χ0v) is 18.7. The first-order valence-corrected chi connectivity index (χ1v) is 12.3. The zero-order valence-electron chi connectivity index (χ0n) is 17.9. The van der Waals surface area contributed by atoms with Gasteiger partial charge in [0.1, 0.15) is 5.54 Å². The molecule has 2 aromatic carbocycles. The second kappa shape index (κ2) is 7.67. The Labute approximate surface area is 191 Å². The summed E-state index contributed by atoms with van der Waals surface area (Å²) < 4.78 is 1.24. The van der Waals surface area contributed by atoms with E-state index in [9.17, 15) is 9.59 Å². The Kier molecular flexibility index (Phi) is 4.77. The molecule has 3 aromatic rings. The number of rotatable bonds is 3. The summed E-state index contributed by atoms with van der Waals surface area (Å²) in [5, 5.41) is 4.27. The van der Waals surface area contributed by atoms with E-state index in [4.69, 9.17) is 4.98 Å². The highest BCUT2D eigenvalue weighted by Crippen LogP contribution is 2.40. The lowest BCUT2D eigenvalue weighted by Gasteiger charge is -2.35. The minimum Gasteiger partial charge on any atom is -0.319 e. The molecule has 0 radical (unpaired) electrons. The van der Waals surface area contributed by atoms with Crippen LogP contribution < -0.4 is 5.32 Å². The van der Waals surface area contributed by atoms with Crippen molar-refractivity contribution in [3.63, 3.8) is 0 Å². The van der Waals surface area contributed by atoms with Gasteiger partial charge in [-0.05, 0) is 55.4 Å². The molecule has 0 saturated carbocycles. The molecule has 3 amide bonds. The Hall–Kier alpha value is -2.77. The number of nitrogens with one attached hydrogen (secondary N) is 1. The maximum Gasteiger partial charge on any atom is 0.326 e. The van der Waals surface area contributed by atoms with Gasteiger partial charge in [-0.25, -0.2) is 14.7 Å². The van der Waals surface area contributed by atoms with Crippen LogP contribution in [0.15, 0.2) is 48.5 Å². The van der Waals surface area contributed by atoms with Crippen LogP contribution in [-0.4, -0.2) is 46.5 Å². The van der Waals surface area contributed by atoms with Crippen LogP contribution in [0.4, 0.5) is 4.79 Å². The predicted molar refractivity (Wildman–Crippen MR) is 124 cm³/mol. The van der Waals surface area contributed by atoms with E-state index in [0.29, 0.717) is 19.0 Å². The van der Waals surface area contributed by atoms with Gasteiger partial charge in [-0.3, -0.25) is 9.69 Å². The fourth-order valence-electron chi connectivity index (χ4n) is 5.53. The van der Waals surface area contributed by atoms with E-state index in [-0.39, 0.29) is 11.9 Å². The summed E-state index contributed by atoms with van der Waals surface area (Å²) in [5.41, 5.74) is 2.34. The van der Waals surface area contributed by atoms with Crippen molar-refractivity contribution in [2.24, 2.45) is 0 Å². The molecule has 6 nitrogen and oxygen atoms in total. The van der Waals surface area contributed by atoms with E-state index in [1.165, 1.54) is 20.2 Å². The van der Waals surface area contributed by atoms with Crippen molar-refractivity contribution in [2.75, 3.05) is 19.8 Å². The molecule has 2 aliphatic heterocycles. The van der Waals surface area contributed by atoms with E-state index in [2.05, 4.69) is 34.5 Å². The van der Waals surface area contributed by atoms with Crippen molar-refractivity contribution in [3.8, 4) is 0 Å². The quantitative estimate of drug-likeness (QED) is 0.612. The first-order chi connectivity index (χ1) is 15.6. The summed E-state index contributed by atoms with van der Waals surface area (Å²) in [6.45, 7) is 2.09. The smallest absolute Gasteiger partial charge is 0.319 e. The minimum atomic E-state index is -0.884. The van der Waals surface area contributed by atoms with Crippen molar-refractivity contribution < 1.29 is 9.59 Å². The third-order valence-corrected chi connectivity index (χ3v) is 8.44. The average molecular weight is 447 g/mol. The average Bonchev–Trinajstić information content (AvgIpc) is 3.35. The molecule has 3 heterocycles. The van der Waals surface area contributed by atoms with Gasteiger partial charge in [-0.2, -0.15) is 0 Å². The third-order valence-electron chi connectivity index (χ3n) is 7.24. The molecule has 2 saturated heterocycles. The molecule has 6 rings (SSSR count). The second-order valence-electron chi connectivity index (χ2n) is 9.13. The molecular weight excluding hydrogens is 420 g/mol. The van der Waals surface area contributed by atoms with E-state index < -0.39 is 5.54 Å². The van der Waals surface area contributed by atoms with Crippen LogP contribution in [0.1, 0.15) is 47.7 Å². The van der Waals surface area contributed by atoms with Crippen LogP contribution in [-0.2, 0) is 16.8 Å². The van der Waals surface area contributed by atoms with Gasteiger partial charge < -0.3 is 5.32 Å². The molecule has 1 aliphatic carbocycles. The number of hydrogen-bond donors (Lipinski definition) is 1. The van der Waals surface area contributed by atoms with Gasteiger partial charge in [-0.15, -0.1) is 11.3 Å². The molecule has 0 bridgehead atoms. The monoisotopic (exact) mass is 446 g/mol. The van der Waals surface area contributed by atoms with Crippen LogP contribution in [0.3, 0.4) is 0 Å². The van der Waals surface area contributed by atoms with E-state index in [1.54, 1.807) is 11.3 Å². The van der Waals surface area contributed by atoms with Crippen molar-refractivity contribution >= 4 is 33.5 Å². The van der Waals surface area contributed by atoms with Crippen LogP contribution in [0.5, 0.6) is 0 Å². The number of thiazole rings is 1. The van der Waals surface area contributed by atoms with E-state index in [0.717, 1.165) is 49.9 Å². The SMILES string of the molecule is O=C1NC2(CCCc3ccccc32)C(=O)N1CN1CCC(c2nc3ccccc3s2)CC1. The number of fused-ring (bicyclic) bond motifs is 3. The number of para-hydroxylation sites is 1. The third kappa shape index (κ3) is 3.14. The Morgan fingerprint density at radius 1 is 1.06 bits per heavy atom. The maximum absolute atomic E-state index is 13.5. The Morgan fingerprint density at radius 2 is 1.84 bits per heavy atom. The number of nitrogens with zero attached hydrogens (tertiary/aromatic N) is 3. The molecule has 7 heteroatoms. The molecule has 1 N–H and O–H groups in total. The summed E-state index contributed by atoms with van der Waals surface area (Å²) in [7, 11) is 0. The highest BCUT2D eigenvalue weighted by Gasteiger charge is 2.54. The molecule has 2 fully saturated rings. The molecule has 1 aromatic heterocycles. The van der Waals surface area contributed by atoms with Crippen molar-refractivity contribution in [2.45, 2.75) is 43.6 Å². The number of aryl methyl sites for hydroxylation is 1. The summed E-state index contributed by atoms with van der Waals surface area (Å²) in [6.07, 6.45) is 4.53. The number of benzene rings is 2. The molecular formula is C25H26N4O2S. The Bertz CT molecular complexity index is 1170. The molecule has 32 heavy (non-hydrogen) atoms. The minimum absolute atomic E-state index is 0.0945. The van der Waals surface area contributed by atoms with Crippen LogP contribution in [0.2, 0.25) is 0 Å². The number of carbonyl (C=O) groups is 2. The number of imide groups is 1. The number of carbonyl (C=O) groups excluding carboxylic acids is 2. The number of piperidine rings is 1. The number of hydrogen-bond acceptors (Lipinski definition) is 5. The van der Waals surface area contributed by atoms with E-state index in [1.807, 2.05) is 24.3 Å². The number of aromatic nitrogens is 1. The highest BCUT2D eigenvalue weighted by atomic mass is 32.1. The van der Waals surface area contributed by atoms with Gasteiger partial charge in [0, 0.05) is 19.0 Å². The van der Waals surface area contributed by atoms with Gasteiger partial charge in [0.25, 0.3) is 5.91 Å². The van der Waals surface area contributed by atoms with Crippen molar-refractivity contribution in [1.82, 2.24) is 20.1 Å². The fraction of sp³-hybridized carbons (Fsp3) is 0.400. The molecule has 3 aliphatic rings. The van der Waals surface area contributed by atoms with Crippen LogP contribution >= 0.6 is 11.3 Å². The largest absolute Gasteiger partial charge is 0.326 e. The van der Waals surface area contributed by atoms with Gasteiger partial charge in [-0.1, -0.05) is 36.4 Å². The second-order valence-corrected chi connectivity index (χ2v) is 10.2. The van der Waals surface area contributed by atoms with Gasteiger partial charge in [0.2, 0.25) is 0 Å². The number of urea groups is 1. The van der Waals surface area contributed by atoms with Gasteiger partial charge in [0.15, 0.2) is 0 Å².